The Balaban J connectivity index is 2.95. The maximum Gasteiger partial charge on any atom is 0.303 e. The Morgan fingerprint density at radius 1 is 1.33 bits per heavy atom. The van der Waals surface area contributed by atoms with Crippen molar-refractivity contribution in [3.63, 3.8) is 0 Å². The third-order valence-electron chi connectivity index (χ3n) is 3.53. The third kappa shape index (κ3) is 6.00. The van der Waals surface area contributed by atoms with E-state index in [1.807, 2.05) is 12.1 Å². The first-order valence-corrected chi connectivity index (χ1v) is 8.63. The number of methoxy groups -OCH3 is 1. The molecule has 0 heterocycles. The molecule has 0 aliphatic carbocycles. The topological polar surface area (TPSA) is 46.5 Å². The van der Waals surface area contributed by atoms with Crippen molar-refractivity contribution in [2.75, 3.05) is 12.9 Å². The van der Waals surface area contributed by atoms with Gasteiger partial charge in [0, 0.05) is 4.90 Å². The summed E-state index contributed by atoms with van der Waals surface area (Å²) in [5.41, 5.74) is 1.02. The highest BCUT2D eigenvalue weighted by Crippen LogP contribution is 2.35. The monoisotopic (exact) mass is 310 g/mol. The van der Waals surface area contributed by atoms with Crippen LogP contribution in [0, 0.1) is 0 Å². The van der Waals surface area contributed by atoms with Gasteiger partial charge in [0.15, 0.2) is 0 Å². The molecule has 1 unspecified atom stereocenters. The minimum Gasteiger partial charge on any atom is -0.496 e. The maximum absolute atomic E-state index is 11.1. The lowest BCUT2D eigenvalue weighted by atomic mass is 9.89. The van der Waals surface area contributed by atoms with Crippen molar-refractivity contribution in [2.45, 2.75) is 56.8 Å². The van der Waals surface area contributed by atoms with Crippen molar-refractivity contribution in [2.24, 2.45) is 0 Å². The van der Waals surface area contributed by atoms with Crippen LogP contribution in [0.5, 0.6) is 5.75 Å². The fraction of sp³-hybridized carbons (Fsp3) is 0.588. The predicted octanol–water partition coefficient (Wildman–Crippen LogP) is 4.95. The van der Waals surface area contributed by atoms with Crippen LogP contribution in [0.1, 0.15) is 57.4 Å². The summed E-state index contributed by atoms with van der Waals surface area (Å²) < 4.78 is 5.49. The predicted molar refractivity (Wildman–Crippen MR) is 88.5 cm³/mol. The summed E-state index contributed by atoms with van der Waals surface area (Å²) in [7, 11) is 1.66. The number of aliphatic carboxylic acids is 1. The first-order chi connectivity index (χ1) is 10.1. The molecule has 3 nitrogen and oxygen atoms in total. The van der Waals surface area contributed by atoms with Gasteiger partial charge in [0.25, 0.3) is 0 Å². The van der Waals surface area contributed by atoms with Crippen LogP contribution in [0.25, 0.3) is 0 Å². The Labute approximate surface area is 132 Å². The molecule has 4 heteroatoms. The number of benzene rings is 1. The molecule has 0 bridgehead atoms. The molecular formula is C17H26O3S. The van der Waals surface area contributed by atoms with E-state index in [0.717, 1.165) is 42.7 Å². The Morgan fingerprint density at radius 3 is 2.67 bits per heavy atom. The SMILES string of the molecule is CCCCCC(CC(=O)O)c1ccc(SCC)cc1OC. The molecular weight excluding hydrogens is 284 g/mol. The number of unbranched alkanes of at least 4 members (excludes halogenated alkanes) is 2. The highest BCUT2D eigenvalue weighted by Gasteiger charge is 2.19. The van der Waals surface area contributed by atoms with E-state index < -0.39 is 5.97 Å². The van der Waals surface area contributed by atoms with Gasteiger partial charge in [0.05, 0.1) is 13.5 Å². The molecule has 0 aromatic heterocycles. The molecule has 1 atom stereocenters. The standard InChI is InChI=1S/C17H26O3S/c1-4-6-7-8-13(11-17(18)19)15-10-9-14(21-5-2)12-16(15)20-3/h9-10,12-13H,4-8,11H2,1-3H3,(H,18,19). The van der Waals surface area contributed by atoms with Crippen molar-refractivity contribution in [1.29, 1.82) is 0 Å². The quantitative estimate of drug-likeness (QED) is 0.491. The van der Waals surface area contributed by atoms with Gasteiger partial charge in [0.1, 0.15) is 5.75 Å². The normalized spacial score (nSPS) is 12.1. The Morgan fingerprint density at radius 2 is 2.10 bits per heavy atom. The molecule has 21 heavy (non-hydrogen) atoms. The molecule has 0 aliphatic rings. The van der Waals surface area contributed by atoms with Gasteiger partial charge in [-0.05, 0) is 35.8 Å². The molecule has 0 radical (unpaired) electrons. The largest absolute Gasteiger partial charge is 0.496 e. The van der Waals surface area contributed by atoms with E-state index in [-0.39, 0.29) is 12.3 Å². The molecule has 1 N–H and O–H groups in total. The zero-order chi connectivity index (χ0) is 15.7. The van der Waals surface area contributed by atoms with E-state index in [4.69, 9.17) is 9.84 Å². The van der Waals surface area contributed by atoms with Crippen LogP contribution in [0.15, 0.2) is 23.1 Å². The third-order valence-corrected chi connectivity index (χ3v) is 4.41. The lowest BCUT2D eigenvalue weighted by Crippen LogP contribution is -2.08. The molecule has 0 aliphatic heterocycles. The van der Waals surface area contributed by atoms with Gasteiger partial charge in [0.2, 0.25) is 0 Å². The van der Waals surface area contributed by atoms with E-state index >= 15 is 0 Å². The van der Waals surface area contributed by atoms with Crippen molar-refractivity contribution in [3.8, 4) is 5.75 Å². The fourth-order valence-corrected chi connectivity index (χ4v) is 3.19. The smallest absolute Gasteiger partial charge is 0.303 e. The lowest BCUT2D eigenvalue weighted by molar-refractivity contribution is -0.137. The Kier molecular flexibility index (Phi) is 8.28. The maximum atomic E-state index is 11.1. The van der Waals surface area contributed by atoms with Crippen molar-refractivity contribution in [1.82, 2.24) is 0 Å². The van der Waals surface area contributed by atoms with Crippen LogP contribution in [0.4, 0.5) is 0 Å². The summed E-state index contributed by atoms with van der Waals surface area (Å²) >= 11 is 1.76. The highest BCUT2D eigenvalue weighted by atomic mass is 32.2. The number of carboxylic acid groups (broad SMARTS) is 1. The van der Waals surface area contributed by atoms with E-state index in [9.17, 15) is 4.79 Å². The summed E-state index contributed by atoms with van der Waals surface area (Å²) in [5, 5.41) is 9.16. The molecule has 1 rings (SSSR count). The zero-order valence-electron chi connectivity index (χ0n) is 13.2. The minimum absolute atomic E-state index is 0.0321. The van der Waals surface area contributed by atoms with Gasteiger partial charge in [-0.1, -0.05) is 39.2 Å². The van der Waals surface area contributed by atoms with Crippen LogP contribution in [-0.4, -0.2) is 23.9 Å². The molecule has 0 amide bonds. The first kappa shape index (κ1) is 17.9. The number of rotatable bonds is 10. The average Bonchev–Trinajstić information content (AvgIpc) is 2.46. The van der Waals surface area contributed by atoms with Gasteiger partial charge in [-0.3, -0.25) is 4.79 Å². The van der Waals surface area contributed by atoms with Crippen LogP contribution in [-0.2, 0) is 4.79 Å². The lowest BCUT2D eigenvalue weighted by Gasteiger charge is -2.19. The van der Waals surface area contributed by atoms with Crippen LogP contribution in [0.3, 0.4) is 0 Å². The van der Waals surface area contributed by atoms with Crippen LogP contribution in [0.2, 0.25) is 0 Å². The van der Waals surface area contributed by atoms with Gasteiger partial charge < -0.3 is 9.84 Å². The molecule has 1 aromatic rings. The van der Waals surface area contributed by atoms with Gasteiger partial charge in [-0.25, -0.2) is 0 Å². The summed E-state index contributed by atoms with van der Waals surface area (Å²) in [6.07, 6.45) is 4.41. The number of carbonyl (C=O) groups is 1. The number of carboxylic acids is 1. The van der Waals surface area contributed by atoms with E-state index in [1.54, 1.807) is 18.9 Å². The van der Waals surface area contributed by atoms with E-state index in [1.165, 1.54) is 4.90 Å². The van der Waals surface area contributed by atoms with Crippen LogP contribution < -0.4 is 4.74 Å². The molecule has 0 spiro atoms. The fourth-order valence-electron chi connectivity index (χ4n) is 2.50. The van der Waals surface area contributed by atoms with Crippen LogP contribution >= 0.6 is 11.8 Å². The molecule has 1 aromatic carbocycles. The number of hydrogen-bond donors (Lipinski definition) is 1. The van der Waals surface area contributed by atoms with Crippen molar-refractivity contribution >= 4 is 17.7 Å². The number of thioether (sulfide) groups is 1. The summed E-state index contributed by atoms with van der Waals surface area (Å²) in [4.78, 5) is 12.3. The molecule has 0 fully saturated rings. The first-order valence-electron chi connectivity index (χ1n) is 7.64. The zero-order valence-corrected chi connectivity index (χ0v) is 14.0. The number of ether oxygens (including phenoxy) is 1. The average molecular weight is 310 g/mol. The van der Waals surface area contributed by atoms with E-state index in [0.29, 0.717) is 0 Å². The molecule has 0 saturated carbocycles. The summed E-state index contributed by atoms with van der Waals surface area (Å²) in [5.74, 6) is 1.11. The second-order valence-electron chi connectivity index (χ2n) is 5.13. The number of hydrogen-bond acceptors (Lipinski definition) is 3. The highest BCUT2D eigenvalue weighted by molar-refractivity contribution is 7.99. The molecule has 118 valence electrons. The van der Waals surface area contributed by atoms with Crippen molar-refractivity contribution in [3.05, 3.63) is 23.8 Å². The van der Waals surface area contributed by atoms with Gasteiger partial charge in [-0.2, -0.15) is 0 Å². The van der Waals surface area contributed by atoms with Crippen molar-refractivity contribution < 1.29 is 14.6 Å². The van der Waals surface area contributed by atoms with Gasteiger partial charge in [-0.15, -0.1) is 11.8 Å². The second kappa shape index (κ2) is 9.72. The Hall–Kier alpha value is -1.16. The van der Waals surface area contributed by atoms with E-state index in [2.05, 4.69) is 19.9 Å². The van der Waals surface area contributed by atoms with Gasteiger partial charge >= 0.3 is 5.97 Å². The minimum atomic E-state index is -0.745. The summed E-state index contributed by atoms with van der Waals surface area (Å²) in [6, 6.07) is 6.13. The Bertz CT molecular complexity index is 446. The molecule has 0 saturated heterocycles. The second-order valence-corrected chi connectivity index (χ2v) is 6.46. The summed E-state index contributed by atoms with van der Waals surface area (Å²) in [6.45, 7) is 4.27.